The molecule has 8 amide bonds. The zero-order chi connectivity index (χ0) is 50.9. The van der Waals surface area contributed by atoms with E-state index in [9.17, 15) is 28.8 Å². The summed E-state index contributed by atoms with van der Waals surface area (Å²) in [5, 5.41) is 25.4. The minimum atomic E-state index is -1.56. The fraction of sp³-hybridized carbons (Fsp3) is 0.440. The van der Waals surface area contributed by atoms with Gasteiger partial charge >= 0.3 is 0 Å². The summed E-state index contributed by atoms with van der Waals surface area (Å²) in [6.45, 7) is 0.0740. The first-order valence-corrected chi connectivity index (χ1v) is 25.3. The Labute approximate surface area is 419 Å². The molecule has 72 heavy (non-hydrogen) atoms. The summed E-state index contributed by atoms with van der Waals surface area (Å²) < 4.78 is 1.61. The third-order valence-electron chi connectivity index (χ3n) is 13.8. The molecule has 3 fully saturated rings. The topological polar surface area (TPSA) is 325 Å². The van der Waals surface area contributed by atoms with Gasteiger partial charge in [-0.25, -0.2) is 4.68 Å². The first-order chi connectivity index (χ1) is 34.7. The van der Waals surface area contributed by atoms with E-state index in [1.807, 2.05) is 66.0 Å². The van der Waals surface area contributed by atoms with Crippen LogP contribution in [0.15, 0.2) is 78.4 Å². The average Bonchev–Trinajstić information content (AvgIpc) is 4.22. The van der Waals surface area contributed by atoms with Gasteiger partial charge in [-0.3, -0.25) is 38.4 Å². The monoisotopic (exact) mass is 1000 g/mol. The molecule has 5 heterocycles. The summed E-state index contributed by atoms with van der Waals surface area (Å²) in [4.78, 5) is 116. The molecule has 0 spiro atoms. The number of aromatic nitrogens is 4. The van der Waals surface area contributed by atoms with Crippen molar-refractivity contribution in [3.63, 3.8) is 0 Å². The van der Waals surface area contributed by atoms with E-state index >= 15 is 9.59 Å². The molecule has 0 radical (unpaired) electrons. The highest BCUT2D eigenvalue weighted by Crippen LogP contribution is 2.34. The quantitative estimate of drug-likeness (QED) is 0.102. The number of benzene rings is 2. The summed E-state index contributed by atoms with van der Waals surface area (Å²) in [7, 11) is 0. The summed E-state index contributed by atoms with van der Waals surface area (Å²) in [5.74, 6) is -6.49. The molecule has 8 rings (SSSR count). The highest BCUT2D eigenvalue weighted by molar-refractivity contribution is 7.13. The smallest absolute Gasteiger partial charge is 0.246 e. The third-order valence-corrected chi connectivity index (χ3v) is 14.8. The van der Waals surface area contributed by atoms with Gasteiger partial charge in [0.05, 0.1) is 31.1 Å². The molecule has 380 valence electrons. The van der Waals surface area contributed by atoms with Crippen LogP contribution in [0.1, 0.15) is 82.2 Å². The maximum atomic E-state index is 15.4. The van der Waals surface area contributed by atoms with Crippen molar-refractivity contribution in [2.24, 2.45) is 23.1 Å². The zero-order valence-corrected chi connectivity index (χ0v) is 40.5. The summed E-state index contributed by atoms with van der Waals surface area (Å²) in [6.07, 6.45) is 6.67. The predicted octanol–water partition coefficient (Wildman–Crippen LogP) is 1.44. The number of nitrogens with zero attached hydrogens (tertiary/aromatic N) is 4. The lowest BCUT2D eigenvalue weighted by Crippen LogP contribution is -2.61. The van der Waals surface area contributed by atoms with Crippen molar-refractivity contribution < 1.29 is 38.4 Å². The maximum Gasteiger partial charge on any atom is 0.246 e. The number of carbonyl (C=O) groups is 8. The van der Waals surface area contributed by atoms with Gasteiger partial charge in [0, 0.05) is 53.5 Å². The summed E-state index contributed by atoms with van der Waals surface area (Å²) >= 11 is 1.63. The number of primary amides is 2. The lowest BCUT2D eigenvalue weighted by atomic mass is 9.83. The number of hydrogen-bond acceptors (Lipinski definition) is 12. The highest BCUT2D eigenvalue weighted by Gasteiger charge is 2.46. The number of nitrogens with one attached hydrogen (secondary N) is 6. The molecule has 2 aromatic carbocycles. The molecule has 12 N–H and O–H groups in total. The molecule has 0 bridgehead atoms. The molecule has 7 atom stereocenters. The number of amides is 8. The van der Waals surface area contributed by atoms with Gasteiger partial charge in [-0.1, -0.05) is 73.0 Å². The Balaban J connectivity index is 1.15. The van der Waals surface area contributed by atoms with Gasteiger partial charge in [0.25, 0.3) is 0 Å². The fourth-order valence-electron chi connectivity index (χ4n) is 9.92. The number of hydrogen-bond donors (Lipinski definition) is 9. The second-order valence-corrected chi connectivity index (χ2v) is 19.8. The van der Waals surface area contributed by atoms with Gasteiger partial charge in [-0.15, -0.1) is 16.4 Å². The number of thiophene rings is 1. The van der Waals surface area contributed by atoms with Crippen LogP contribution in [0.3, 0.4) is 0 Å². The second-order valence-electron chi connectivity index (χ2n) is 18.9. The Morgan fingerprint density at radius 1 is 0.764 bits per heavy atom. The SMILES string of the molecule is NC(=O)C[C@@H]1NC(=O)[C@@H](N)CC(=O)NCCCC[C@@H](C(N)=O)NC(=O)[C@H](Cc2c[nH]c3ccccc23)NC(=O)[C@@H]2C[C@H](n3cc(-c4ccc(-c5cccs5)cc4)nn3)CN2C(=O)[C@H](C2CCCCC2)NC1=O. The van der Waals surface area contributed by atoms with Crippen molar-refractivity contribution in [1.29, 1.82) is 0 Å². The predicted molar refractivity (Wildman–Crippen MR) is 267 cm³/mol. The van der Waals surface area contributed by atoms with E-state index in [0.717, 1.165) is 46.2 Å². The Morgan fingerprint density at radius 2 is 1.49 bits per heavy atom. The summed E-state index contributed by atoms with van der Waals surface area (Å²) in [6, 6.07) is 10.9. The normalized spacial score (nSPS) is 24.9. The van der Waals surface area contributed by atoms with Crippen molar-refractivity contribution in [2.45, 2.75) is 119 Å². The first-order valence-electron chi connectivity index (χ1n) is 24.5. The second kappa shape index (κ2) is 23.2. The molecule has 2 saturated heterocycles. The molecular formula is C50H61N13O8S. The van der Waals surface area contributed by atoms with Crippen molar-refractivity contribution in [3.8, 4) is 21.7 Å². The van der Waals surface area contributed by atoms with Gasteiger partial charge in [0.1, 0.15) is 35.9 Å². The van der Waals surface area contributed by atoms with Crippen LogP contribution in [0.2, 0.25) is 0 Å². The average molecular weight is 1000 g/mol. The Kier molecular flexibility index (Phi) is 16.4. The van der Waals surface area contributed by atoms with Gasteiger partial charge in [-0.05, 0) is 66.7 Å². The molecule has 3 aromatic heterocycles. The largest absolute Gasteiger partial charge is 0.370 e. The molecule has 2 aliphatic heterocycles. The van der Waals surface area contributed by atoms with E-state index in [0.29, 0.717) is 36.9 Å². The number of H-pyrrole nitrogens is 1. The lowest BCUT2D eigenvalue weighted by molar-refractivity contribution is -0.144. The first kappa shape index (κ1) is 50.9. The zero-order valence-electron chi connectivity index (χ0n) is 39.7. The number of aromatic amines is 1. The van der Waals surface area contributed by atoms with Gasteiger partial charge in [0.2, 0.25) is 47.3 Å². The molecular weight excluding hydrogens is 943 g/mol. The van der Waals surface area contributed by atoms with Crippen LogP contribution >= 0.6 is 11.3 Å². The van der Waals surface area contributed by atoms with Crippen LogP contribution in [0.4, 0.5) is 0 Å². The van der Waals surface area contributed by atoms with Crippen LogP contribution in [0.25, 0.3) is 32.6 Å². The molecule has 1 saturated carbocycles. The Bertz CT molecular complexity index is 2770. The van der Waals surface area contributed by atoms with Crippen LogP contribution in [0, 0.1) is 5.92 Å². The molecule has 1 aliphatic carbocycles. The van der Waals surface area contributed by atoms with E-state index in [4.69, 9.17) is 17.2 Å². The number of para-hydroxylation sites is 1. The van der Waals surface area contributed by atoms with E-state index in [-0.39, 0.29) is 32.4 Å². The number of rotatable bonds is 9. The Hall–Kier alpha value is -7.46. The fourth-order valence-corrected chi connectivity index (χ4v) is 10.7. The number of carbonyl (C=O) groups excluding carboxylic acids is 8. The van der Waals surface area contributed by atoms with E-state index in [1.54, 1.807) is 28.4 Å². The third kappa shape index (κ3) is 12.3. The Morgan fingerprint density at radius 3 is 2.22 bits per heavy atom. The lowest BCUT2D eigenvalue weighted by Gasteiger charge is -2.35. The van der Waals surface area contributed by atoms with Gasteiger partial charge < -0.3 is 53.7 Å². The summed E-state index contributed by atoms with van der Waals surface area (Å²) in [5.41, 5.74) is 21.4. The van der Waals surface area contributed by atoms with Crippen LogP contribution in [0.5, 0.6) is 0 Å². The van der Waals surface area contributed by atoms with Gasteiger partial charge in [-0.2, -0.15) is 0 Å². The molecule has 5 aromatic rings. The van der Waals surface area contributed by atoms with E-state index in [1.165, 1.54) is 4.90 Å². The van der Waals surface area contributed by atoms with Crippen LogP contribution < -0.4 is 43.8 Å². The number of fused-ring (bicyclic) bond motifs is 2. The number of nitrogens with two attached hydrogens (primary N) is 3. The highest BCUT2D eigenvalue weighted by atomic mass is 32.1. The minimum Gasteiger partial charge on any atom is -0.370 e. The molecule has 3 aliphatic rings. The van der Waals surface area contributed by atoms with Crippen molar-refractivity contribution in [3.05, 3.63) is 84.0 Å². The van der Waals surface area contributed by atoms with E-state index < -0.39 is 108 Å². The minimum absolute atomic E-state index is 0.0171. The van der Waals surface area contributed by atoms with Crippen molar-refractivity contribution in [2.75, 3.05) is 13.1 Å². The molecule has 0 unspecified atom stereocenters. The van der Waals surface area contributed by atoms with Crippen LogP contribution in [-0.2, 0) is 44.8 Å². The van der Waals surface area contributed by atoms with Crippen LogP contribution in [-0.4, -0.2) is 121 Å². The van der Waals surface area contributed by atoms with E-state index in [2.05, 4.69) is 41.9 Å². The molecule has 21 nitrogen and oxygen atoms in total. The molecule has 22 heteroatoms. The van der Waals surface area contributed by atoms with Gasteiger partial charge in [0.15, 0.2) is 0 Å². The standard InChI is InChI=1S/C50H61N13O8S/c51-34-23-43(65)54-19-7-6-13-36(45(53)66)56-47(68)37(21-31-25-55-35-12-5-4-11-33(31)35)58-49(70)40-22-32(63-27-39(60-61-63)28-15-17-29(18-16-28)41-14-8-20-72-41)26-62(40)50(71)44(30-9-2-1-3-10-30)59-48(69)38(24-42(52)64)57-46(34)67/h4-5,8,11-12,14-18,20,25,27,30,32,34,36-38,40,44,55H,1-3,6-7,9-10,13,19,21-24,26,51H2,(H2,52,64)(H2,53,66)(H,54,65)(H,56,68)(H,57,67)(H,58,70)(H,59,69)/t32-,34-,36-,37-,38-,40-,44-/m0/s1. The van der Waals surface area contributed by atoms with Crippen molar-refractivity contribution in [1.82, 2.24) is 51.5 Å². The maximum absolute atomic E-state index is 15.4. The van der Waals surface area contributed by atoms with Crippen molar-refractivity contribution >= 4 is 69.5 Å².